The number of pyridine rings is 1. The summed E-state index contributed by atoms with van der Waals surface area (Å²) < 4.78 is 37.6. The third-order valence-electron chi connectivity index (χ3n) is 2.60. The Morgan fingerprint density at radius 3 is 2.62 bits per heavy atom. The van der Waals surface area contributed by atoms with E-state index in [0.717, 1.165) is 12.1 Å². The summed E-state index contributed by atoms with van der Waals surface area (Å²) in [5.74, 6) is 0. The molecular weight excluding hydrogens is 283 g/mol. The van der Waals surface area contributed by atoms with Gasteiger partial charge in [0.25, 0.3) is 0 Å². The fourth-order valence-corrected chi connectivity index (χ4v) is 1.62. The predicted molar refractivity (Wildman–Crippen MR) is 71.5 cm³/mol. The summed E-state index contributed by atoms with van der Waals surface area (Å²) in [6.45, 7) is 0.186. The van der Waals surface area contributed by atoms with Crippen molar-refractivity contribution in [1.82, 2.24) is 10.3 Å². The molecule has 0 aliphatic heterocycles. The van der Waals surface area contributed by atoms with E-state index in [-0.39, 0.29) is 12.2 Å². The molecule has 0 spiro atoms. The Labute approximate surface area is 119 Å². The molecule has 2 amide bonds. The lowest BCUT2D eigenvalue weighted by Gasteiger charge is -2.10. The first-order valence-electron chi connectivity index (χ1n) is 6.07. The second-order valence-electron chi connectivity index (χ2n) is 4.21. The predicted octanol–water partition coefficient (Wildman–Crippen LogP) is 3.42. The molecule has 21 heavy (non-hydrogen) atoms. The minimum absolute atomic E-state index is 0.0725. The Morgan fingerprint density at radius 1 is 1.14 bits per heavy atom. The molecule has 1 aromatic carbocycles. The molecule has 0 saturated heterocycles. The van der Waals surface area contributed by atoms with Gasteiger partial charge in [0.15, 0.2) is 0 Å². The van der Waals surface area contributed by atoms with Gasteiger partial charge in [0.2, 0.25) is 0 Å². The van der Waals surface area contributed by atoms with Crippen molar-refractivity contribution in [3.05, 3.63) is 59.9 Å². The van der Waals surface area contributed by atoms with Crippen LogP contribution < -0.4 is 10.6 Å². The van der Waals surface area contributed by atoms with E-state index in [4.69, 9.17) is 0 Å². The largest absolute Gasteiger partial charge is 0.416 e. The molecule has 1 aromatic heterocycles. The summed E-state index contributed by atoms with van der Waals surface area (Å²) in [5.41, 5.74) is -0.0925. The van der Waals surface area contributed by atoms with Crippen LogP contribution in [0.3, 0.4) is 0 Å². The van der Waals surface area contributed by atoms with E-state index in [1.807, 2.05) is 0 Å². The maximum atomic E-state index is 12.5. The Balaban J connectivity index is 1.94. The number of rotatable bonds is 3. The third kappa shape index (κ3) is 4.48. The average molecular weight is 295 g/mol. The van der Waals surface area contributed by atoms with Crippen LogP contribution in [-0.4, -0.2) is 11.0 Å². The van der Waals surface area contributed by atoms with E-state index in [2.05, 4.69) is 15.6 Å². The Morgan fingerprint density at radius 2 is 1.95 bits per heavy atom. The maximum absolute atomic E-state index is 12.5. The normalized spacial score (nSPS) is 11.0. The summed E-state index contributed by atoms with van der Waals surface area (Å²) in [6, 6.07) is 9.08. The highest BCUT2D eigenvalue weighted by atomic mass is 19.4. The van der Waals surface area contributed by atoms with Crippen molar-refractivity contribution in [2.45, 2.75) is 12.7 Å². The molecule has 2 rings (SSSR count). The molecule has 0 unspecified atom stereocenters. The Hall–Kier alpha value is -2.57. The minimum atomic E-state index is -4.44. The molecular formula is C14H12F3N3O. The van der Waals surface area contributed by atoms with Gasteiger partial charge in [-0.25, -0.2) is 4.79 Å². The molecule has 0 fully saturated rings. The molecule has 0 aliphatic carbocycles. The fraction of sp³-hybridized carbons (Fsp3) is 0.143. The molecule has 0 radical (unpaired) electrons. The van der Waals surface area contributed by atoms with Crippen LogP contribution in [0.15, 0.2) is 48.7 Å². The minimum Gasteiger partial charge on any atom is -0.332 e. The summed E-state index contributed by atoms with van der Waals surface area (Å²) in [6.07, 6.45) is -2.86. The molecule has 1 heterocycles. The van der Waals surface area contributed by atoms with Crippen molar-refractivity contribution in [1.29, 1.82) is 0 Å². The van der Waals surface area contributed by atoms with Crippen LogP contribution in [0.25, 0.3) is 0 Å². The number of halogens is 3. The first kappa shape index (κ1) is 14.8. The van der Waals surface area contributed by atoms with Crippen LogP contribution >= 0.6 is 0 Å². The zero-order chi connectivity index (χ0) is 15.3. The monoisotopic (exact) mass is 295 g/mol. The summed E-state index contributed by atoms with van der Waals surface area (Å²) in [4.78, 5) is 15.6. The summed E-state index contributed by atoms with van der Waals surface area (Å²) >= 11 is 0. The maximum Gasteiger partial charge on any atom is 0.416 e. The van der Waals surface area contributed by atoms with Crippen molar-refractivity contribution in [2.24, 2.45) is 0 Å². The zero-order valence-corrected chi connectivity index (χ0v) is 10.8. The number of benzene rings is 1. The number of carbonyl (C=O) groups excluding carboxylic acids is 1. The van der Waals surface area contributed by atoms with E-state index in [1.54, 1.807) is 24.4 Å². The first-order chi connectivity index (χ1) is 9.95. The van der Waals surface area contributed by atoms with Gasteiger partial charge < -0.3 is 10.6 Å². The number of alkyl halides is 3. The van der Waals surface area contributed by atoms with Crippen LogP contribution in [0.1, 0.15) is 11.3 Å². The number of carbonyl (C=O) groups is 1. The van der Waals surface area contributed by atoms with Gasteiger partial charge in [-0.2, -0.15) is 13.2 Å². The van der Waals surface area contributed by atoms with Gasteiger partial charge >= 0.3 is 12.2 Å². The van der Waals surface area contributed by atoms with Crippen LogP contribution in [0.2, 0.25) is 0 Å². The molecule has 110 valence electrons. The number of urea groups is 1. The van der Waals surface area contributed by atoms with Crippen LogP contribution in [0.5, 0.6) is 0 Å². The number of amides is 2. The lowest BCUT2D eigenvalue weighted by atomic mass is 10.2. The van der Waals surface area contributed by atoms with Crippen molar-refractivity contribution >= 4 is 11.7 Å². The molecule has 2 N–H and O–H groups in total. The van der Waals surface area contributed by atoms with Gasteiger partial charge in [0.05, 0.1) is 17.8 Å². The van der Waals surface area contributed by atoms with E-state index in [0.29, 0.717) is 5.69 Å². The SMILES string of the molecule is O=C(NCc1ccccn1)Nc1cccc(C(F)(F)F)c1. The molecule has 7 heteroatoms. The van der Waals surface area contributed by atoms with Crippen molar-refractivity contribution in [3.63, 3.8) is 0 Å². The first-order valence-corrected chi connectivity index (χ1v) is 6.07. The van der Waals surface area contributed by atoms with Crippen LogP contribution in [0, 0.1) is 0 Å². The molecule has 0 saturated carbocycles. The highest BCUT2D eigenvalue weighted by Gasteiger charge is 2.30. The average Bonchev–Trinajstić information content (AvgIpc) is 2.46. The van der Waals surface area contributed by atoms with Gasteiger partial charge in [-0.05, 0) is 30.3 Å². The molecule has 0 bridgehead atoms. The fourth-order valence-electron chi connectivity index (χ4n) is 1.62. The zero-order valence-electron chi connectivity index (χ0n) is 10.8. The van der Waals surface area contributed by atoms with Crippen molar-refractivity contribution < 1.29 is 18.0 Å². The van der Waals surface area contributed by atoms with E-state index < -0.39 is 17.8 Å². The van der Waals surface area contributed by atoms with E-state index in [9.17, 15) is 18.0 Å². The number of nitrogens with one attached hydrogen (secondary N) is 2. The molecule has 0 atom stereocenters. The number of hydrogen-bond donors (Lipinski definition) is 2. The lowest BCUT2D eigenvalue weighted by Crippen LogP contribution is -2.28. The molecule has 4 nitrogen and oxygen atoms in total. The summed E-state index contributed by atoms with van der Waals surface area (Å²) in [7, 11) is 0. The highest BCUT2D eigenvalue weighted by molar-refractivity contribution is 5.89. The number of nitrogens with zero attached hydrogens (tertiary/aromatic N) is 1. The van der Waals surface area contributed by atoms with Crippen LogP contribution in [0.4, 0.5) is 23.7 Å². The van der Waals surface area contributed by atoms with Crippen molar-refractivity contribution in [2.75, 3.05) is 5.32 Å². The van der Waals surface area contributed by atoms with Crippen LogP contribution in [-0.2, 0) is 12.7 Å². The van der Waals surface area contributed by atoms with E-state index >= 15 is 0 Å². The number of anilines is 1. The standard InChI is InChI=1S/C14H12F3N3O/c15-14(16,17)10-4-3-6-11(8-10)20-13(21)19-9-12-5-1-2-7-18-12/h1-8H,9H2,(H2,19,20,21). The van der Waals surface area contributed by atoms with Gasteiger partial charge in [0.1, 0.15) is 0 Å². The second kappa shape index (κ2) is 6.25. The summed E-state index contributed by atoms with van der Waals surface area (Å²) in [5, 5.41) is 4.86. The smallest absolute Gasteiger partial charge is 0.332 e. The number of hydrogen-bond acceptors (Lipinski definition) is 2. The van der Waals surface area contributed by atoms with Gasteiger partial charge in [-0.1, -0.05) is 12.1 Å². The lowest BCUT2D eigenvalue weighted by molar-refractivity contribution is -0.137. The quantitative estimate of drug-likeness (QED) is 0.911. The topological polar surface area (TPSA) is 54.0 Å². The van der Waals surface area contributed by atoms with Gasteiger partial charge in [-0.3, -0.25) is 4.98 Å². The molecule has 0 aliphatic rings. The third-order valence-corrected chi connectivity index (χ3v) is 2.60. The van der Waals surface area contributed by atoms with Gasteiger partial charge in [0, 0.05) is 11.9 Å². The Kier molecular flexibility index (Phi) is 4.42. The highest BCUT2D eigenvalue weighted by Crippen LogP contribution is 2.30. The Bertz CT molecular complexity index is 614. The number of aromatic nitrogens is 1. The van der Waals surface area contributed by atoms with Crippen molar-refractivity contribution in [3.8, 4) is 0 Å². The van der Waals surface area contributed by atoms with Gasteiger partial charge in [-0.15, -0.1) is 0 Å². The van der Waals surface area contributed by atoms with E-state index in [1.165, 1.54) is 12.1 Å². The second-order valence-corrected chi connectivity index (χ2v) is 4.21. The molecule has 2 aromatic rings.